The van der Waals surface area contributed by atoms with Gasteiger partial charge in [-0.3, -0.25) is 14.4 Å². The SMILES string of the molecule is C=CC(=O)N[C@H](C(=O)N(CC(C)C)C[C@@H](OC)[C@H](OC)c1ccccc1NC(=O)c1cccc(Br)c1)C(C)CC. The van der Waals surface area contributed by atoms with Gasteiger partial charge in [0.15, 0.2) is 0 Å². The lowest BCUT2D eigenvalue weighted by atomic mass is 9.96. The van der Waals surface area contributed by atoms with Crippen LogP contribution in [0.3, 0.4) is 0 Å². The number of carbonyl (C=O) groups is 3. The third-order valence-electron chi connectivity index (χ3n) is 6.76. The fourth-order valence-electron chi connectivity index (χ4n) is 4.46. The van der Waals surface area contributed by atoms with E-state index < -0.39 is 24.2 Å². The van der Waals surface area contributed by atoms with Crippen molar-refractivity contribution in [3.63, 3.8) is 0 Å². The molecule has 0 aliphatic heterocycles. The third kappa shape index (κ3) is 9.28. The molecule has 0 aliphatic carbocycles. The summed E-state index contributed by atoms with van der Waals surface area (Å²) in [4.78, 5) is 40.8. The van der Waals surface area contributed by atoms with E-state index in [9.17, 15) is 14.4 Å². The van der Waals surface area contributed by atoms with Crippen LogP contribution in [0.25, 0.3) is 0 Å². The van der Waals surface area contributed by atoms with Gasteiger partial charge in [-0.05, 0) is 42.2 Å². The number of rotatable bonds is 15. The quantitative estimate of drug-likeness (QED) is 0.254. The van der Waals surface area contributed by atoms with Gasteiger partial charge in [0.1, 0.15) is 18.2 Å². The molecule has 9 heteroatoms. The normalized spacial score (nSPS) is 14.1. The van der Waals surface area contributed by atoms with Crippen LogP contribution in [0.1, 0.15) is 56.1 Å². The number of carbonyl (C=O) groups excluding carboxylic acids is 3. The smallest absolute Gasteiger partial charge is 0.255 e. The largest absolute Gasteiger partial charge is 0.377 e. The van der Waals surface area contributed by atoms with E-state index in [2.05, 4.69) is 33.1 Å². The summed E-state index contributed by atoms with van der Waals surface area (Å²) in [6, 6.07) is 13.8. The Kier molecular flexibility index (Phi) is 13.5. The highest BCUT2D eigenvalue weighted by molar-refractivity contribution is 9.10. The molecule has 0 saturated carbocycles. The maximum atomic E-state index is 13.8. The predicted octanol–water partition coefficient (Wildman–Crippen LogP) is 5.61. The molecular weight excluding hydrogens is 574 g/mol. The lowest BCUT2D eigenvalue weighted by Crippen LogP contribution is -2.54. The highest BCUT2D eigenvalue weighted by Crippen LogP contribution is 2.31. The molecule has 3 amide bonds. The van der Waals surface area contributed by atoms with Crippen molar-refractivity contribution in [2.75, 3.05) is 32.6 Å². The average molecular weight is 617 g/mol. The molecule has 0 aliphatic rings. The first kappa shape index (κ1) is 33.2. The van der Waals surface area contributed by atoms with E-state index in [-0.39, 0.29) is 30.2 Å². The first-order valence-corrected chi connectivity index (χ1v) is 14.3. The summed E-state index contributed by atoms with van der Waals surface area (Å²) in [7, 11) is 3.15. The molecule has 2 rings (SSSR count). The summed E-state index contributed by atoms with van der Waals surface area (Å²) >= 11 is 3.41. The number of hydrogen-bond acceptors (Lipinski definition) is 5. The van der Waals surface area contributed by atoms with E-state index >= 15 is 0 Å². The van der Waals surface area contributed by atoms with E-state index in [4.69, 9.17) is 9.47 Å². The summed E-state index contributed by atoms with van der Waals surface area (Å²) in [6.45, 7) is 12.2. The highest BCUT2D eigenvalue weighted by atomic mass is 79.9. The van der Waals surface area contributed by atoms with Crippen molar-refractivity contribution in [3.8, 4) is 0 Å². The Morgan fingerprint density at radius 3 is 2.30 bits per heavy atom. The number of anilines is 1. The van der Waals surface area contributed by atoms with Crippen LogP contribution in [0.15, 0.2) is 65.7 Å². The molecule has 2 N–H and O–H groups in total. The second-order valence-corrected chi connectivity index (χ2v) is 11.1. The highest BCUT2D eigenvalue weighted by Gasteiger charge is 2.34. The van der Waals surface area contributed by atoms with Crippen LogP contribution in [-0.4, -0.2) is 62.1 Å². The molecular formula is C31H42BrN3O5. The van der Waals surface area contributed by atoms with Gasteiger partial charge < -0.3 is 25.0 Å². The summed E-state index contributed by atoms with van der Waals surface area (Å²) in [5.74, 6) is -0.752. The van der Waals surface area contributed by atoms with Crippen molar-refractivity contribution in [2.45, 2.75) is 52.4 Å². The summed E-state index contributed by atoms with van der Waals surface area (Å²) < 4.78 is 12.6. The molecule has 0 radical (unpaired) electrons. The molecule has 0 fully saturated rings. The zero-order valence-corrected chi connectivity index (χ0v) is 25.9. The Morgan fingerprint density at radius 2 is 1.73 bits per heavy atom. The third-order valence-corrected chi connectivity index (χ3v) is 7.25. The van der Waals surface area contributed by atoms with Crippen LogP contribution < -0.4 is 10.6 Å². The van der Waals surface area contributed by atoms with E-state index in [1.54, 1.807) is 37.3 Å². The van der Waals surface area contributed by atoms with Crippen LogP contribution in [-0.2, 0) is 19.1 Å². The number of nitrogens with zero attached hydrogens (tertiary/aromatic N) is 1. The zero-order chi connectivity index (χ0) is 29.8. The van der Waals surface area contributed by atoms with Gasteiger partial charge in [0.05, 0.1) is 0 Å². The van der Waals surface area contributed by atoms with Gasteiger partial charge in [-0.2, -0.15) is 0 Å². The second-order valence-electron chi connectivity index (χ2n) is 10.2. The van der Waals surface area contributed by atoms with E-state index in [0.29, 0.717) is 24.2 Å². The number of ether oxygens (including phenoxy) is 2. The van der Waals surface area contributed by atoms with Crippen LogP contribution in [0.5, 0.6) is 0 Å². The standard InChI is InChI=1S/C31H42BrN3O5/c1-8-21(5)28(34-27(36)9-2)31(38)35(18-20(3)4)19-26(39-6)29(40-7)24-15-10-11-16-25(24)33-30(37)22-13-12-14-23(32)17-22/h9-17,20-21,26,28-29H,2,8,18-19H2,1,3-7H3,(H,33,37)(H,34,36)/t21?,26-,28+,29-/m1/s1. The van der Waals surface area contributed by atoms with E-state index in [1.807, 2.05) is 58.0 Å². The number of halogens is 1. The van der Waals surface area contributed by atoms with Crippen LogP contribution in [0.4, 0.5) is 5.69 Å². The van der Waals surface area contributed by atoms with Gasteiger partial charge in [-0.15, -0.1) is 0 Å². The van der Waals surface area contributed by atoms with Gasteiger partial charge in [-0.25, -0.2) is 0 Å². The molecule has 0 spiro atoms. The number of methoxy groups -OCH3 is 2. The van der Waals surface area contributed by atoms with Gasteiger partial charge in [0.25, 0.3) is 5.91 Å². The Bertz CT molecular complexity index is 1160. The van der Waals surface area contributed by atoms with E-state index in [1.165, 1.54) is 6.08 Å². The summed E-state index contributed by atoms with van der Waals surface area (Å²) in [5.41, 5.74) is 1.81. The Hall–Kier alpha value is -3.01. The number of benzene rings is 2. The second kappa shape index (κ2) is 16.3. The predicted molar refractivity (Wildman–Crippen MR) is 162 cm³/mol. The Morgan fingerprint density at radius 1 is 1.02 bits per heavy atom. The van der Waals surface area contributed by atoms with Gasteiger partial charge in [0, 0.05) is 48.6 Å². The van der Waals surface area contributed by atoms with Crippen LogP contribution in [0, 0.1) is 11.8 Å². The van der Waals surface area contributed by atoms with Crippen LogP contribution in [0.2, 0.25) is 0 Å². The van der Waals surface area contributed by atoms with E-state index in [0.717, 1.165) is 10.0 Å². The first-order valence-electron chi connectivity index (χ1n) is 13.5. The van der Waals surface area contributed by atoms with Gasteiger partial charge >= 0.3 is 0 Å². The molecule has 0 aromatic heterocycles. The topological polar surface area (TPSA) is 97.0 Å². The molecule has 218 valence electrons. The van der Waals surface area contributed by atoms with Crippen molar-refractivity contribution in [2.24, 2.45) is 11.8 Å². The summed E-state index contributed by atoms with van der Waals surface area (Å²) in [5, 5.41) is 5.81. The molecule has 0 heterocycles. The minimum Gasteiger partial charge on any atom is -0.377 e. The molecule has 0 saturated heterocycles. The van der Waals surface area contributed by atoms with Crippen molar-refractivity contribution in [1.82, 2.24) is 10.2 Å². The maximum absolute atomic E-state index is 13.8. The van der Waals surface area contributed by atoms with Gasteiger partial charge in [0.2, 0.25) is 11.8 Å². The molecule has 2 aromatic carbocycles. The fraction of sp³-hybridized carbons (Fsp3) is 0.452. The number of nitrogens with one attached hydrogen (secondary N) is 2. The molecule has 0 bridgehead atoms. The van der Waals surface area contributed by atoms with Crippen LogP contribution >= 0.6 is 15.9 Å². The van der Waals surface area contributed by atoms with Crippen molar-refractivity contribution < 1.29 is 23.9 Å². The number of amides is 3. The first-order chi connectivity index (χ1) is 19.1. The lowest BCUT2D eigenvalue weighted by Gasteiger charge is -2.36. The monoisotopic (exact) mass is 615 g/mol. The molecule has 1 unspecified atom stereocenters. The lowest BCUT2D eigenvalue weighted by molar-refractivity contribution is -0.141. The summed E-state index contributed by atoms with van der Waals surface area (Å²) in [6.07, 6.45) is 0.719. The molecule has 40 heavy (non-hydrogen) atoms. The van der Waals surface area contributed by atoms with Crippen molar-refractivity contribution in [3.05, 3.63) is 76.8 Å². The van der Waals surface area contributed by atoms with Crippen molar-refractivity contribution >= 4 is 39.3 Å². The average Bonchev–Trinajstić information content (AvgIpc) is 2.94. The minimum absolute atomic E-state index is 0.0840. The fourth-order valence-corrected chi connectivity index (χ4v) is 4.86. The zero-order valence-electron chi connectivity index (χ0n) is 24.3. The minimum atomic E-state index is -0.704. The number of hydrogen-bond donors (Lipinski definition) is 2. The maximum Gasteiger partial charge on any atom is 0.255 e. The molecule has 8 nitrogen and oxygen atoms in total. The van der Waals surface area contributed by atoms with Crippen molar-refractivity contribution in [1.29, 1.82) is 0 Å². The number of para-hydroxylation sites is 1. The molecule has 2 aromatic rings. The Labute approximate surface area is 246 Å². The molecule has 4 atom stereocenters. The van der Waals surface area contributed by atoms with Gasteiger partial charge in [-0.1, -0.05) is 80.9 Å². The Balaban J connectivity index is 2.39.